The highest BCUT2D eigenvalue weighted by molar-refractivity contribution is 5.76. The maximum atomic E-state index is 12.9. The minimum Gasteiger partial charge on any atom is -0.394 e. The van der Waals surface area contributed by atoms with Gasteiger partial charge in [0, 0.05) is 12.1 Å². The van der Waals surface area contributed by atoms with Crippen molar-refractivity contribution in [3.05, 3.63) is 57.4 Å². The first kappa shape index (κ1) is 20.4. The summed E-state index contributed by atoms with van der Waals surface area (Å²) in [6.45, 7) is 0.357. The van der Waals surface area contributed by atoms with Crippen molar-refractivity contribution in [2.45, 2.75) is 32.0 Å². The van der Waals surface area contributed by atoms with Gasteiger partial charge in [-0.3, -0.25) is 19.6 Å². The average Bonchev–Trinajstić information content (AvgIpc) is 2.99. The van der Waals surface area contributed by atoms with Crippen LogP contribution in [-0.2, 0) is 11.3 Å². The number of nitrogens with one attached hydrogen (secondary N) is 1. The minimum absolute atomic E-state index is 0.177. The molecule has 1 amide bonds. The Kier molecular flexibility index (Phi) is 6.53. The molecule has 0 saturated carbocycles. The molecule has 0 saturated heterocycles. The Morgan fingerprint density at radius 3 is 2.52 bits per heavy atom. The summed E-state index contributed by atoms with van der Waals surface area (Å²) >= 11 is 0. The fraction of sp³-hybridized carbons (Fsp3) is 0.375. The molecule has 2 atom stereocenters. The van der Waals surface area contributed by atoms with Gasteiger partial charge in [-0.25, -0.2) is 8.78 Å². The van der Waals surface area contributed by atoms with Crippen LogP contribution in [0.1, 0.15) is 29.5 Å². The largest absolute Gasteiger partial charge is 0.394 e. The fourth-order valence-corrected chi connectivity index (χ4v) is 2.51. The number of amides is 1. The van der Waals surface area contributed by atoms with E-state index in [4.69, 9.17) is 0 Å². The highest BCUT2D eigenvalue weighted by Crippen LogP contribution is 2.21. The van der Waals surface area contributed by atoms with Crippen LogP contribution < -0.4 is 5.32 Å². The van der Waals surface area contributed by atoms with E-state index < -0.39 is 48.2 Å². The Balaban J connectivity index is 2.07. The number of nitrogens with zero attached hydrogens (tertiary/aromatic N) is 3. The molecule has 0 spiro atoms. The number of aromatic nitrogens is 2. The quantitative estimate of drug-likeness (QED) is 0.464. The number of non-ortho nitro benzene ring substituents is 1. The summed E-state index contributed by atoms with van der Waals surface area (Å²) in [6, 6.07) is 4.97. The van der Waals surface area contributed by atoms with Crippen molar-refractivity contribution >= 4 is 11.6 Å². The zero-order valence-corrected chi connectivity index (χ0v) is 14.2. The number of hydrogen-bond acceptors (Lipinski definition) is 6. The second-order valence-electron chi connectivity index (χ2n) is 5.82. The van der Waals surface area contributed by atoms with Gasteiger partial charge in [0.25, 0.3) is 12.1 Å². The summed E-state index contributed by atoms with van der Waals surface area (Å²) in [5, 5.41) is 36.5. The molecule has 146 valence electrons. The van der Waals surface area contributed by atoms with Crippen LogP contribution in [0.15, 0.2) is 30.3 Å². The first-order chi connectivity index (χ1) is 12.7. The molecule has 1 aromatic carbocycles. The standard InChI is InChI=1S/C16H18F2N4O5/c1-9-6-13(16(17)18)21(20-9)7-14(24)19-12(8-23)15(25)10-2-4-11(5-3-10)22(26)27/h2-6,12,15-16,23,25H,7-8H2,1H3,(H,19,24). The van der Waals surface area contributed by atoms with E-state index in [2.05, 4.69) is 10.4 Å². The van der Waals surface area contributed by atoms with E-state index in [9.17, 15) is 33.9 Å². The van der Waals surface area contributed by atoms with Crippen molar-refractivity contribution in [3.8, 4) is 0 Å². The number of carbonyl (C=O) groups is 1. The smallest absolute Gasteiger partial charge is 0.280 e. The maximum Gasteiger partial charge on any atom is 0.280 e. The lowest BCUT2D eigenvalue weighted by Gasteiger charge is -2.22. The molecule has 1 heterocycles. The predicted octanol–water partition coefficient (Wildman–Crippen LogP) is 1.25. The molecular weight excluding hydrogens is 366 g/mol. The maximum absolute atomic E-state index is 12.9. The second kappa shape index (κ2) is 8.64. The lowest BCUT2D eigenvalue weighted by molar-refractivity contribution is -0.384. The number of carbonyl (C=O) groups excluding carboxylic acids is 1. The molecule has 2 aromatic rings. The number of halogens is 2. The number of benzene rings is 1. The highest BCUT2D eigenvalue weighted by atomic mass is 19.3. The van der Waals surface area contributed by atoms with Crippen LogP contribution >= 0.6 is 0 Å². The molecule has 0 aliphatic rings. The van der Waals surface area contributed by atoms with E-state index in [1.54, 1.807) is 0 Å². The van der Waals surface area contributed by atoms with Gasteiger partial charge in [-0.05, 0) is 30.7 Å². The molecule has 9 nitrogen and oxygen atoms in total. The first-order valence-corrected chi connectivity index (χ1v) is 7.88. The highest BCUT2D eigenvalue weighted by Gasteiger charge is 2.24. The molecule has 2 unspecified atom stereocenters. The van der Waals surface area contributed by atoms with Crippen LogP contribution in [0.4, 0.5) is 14.5 Å². The molecule has 0 aliphatic heterocycles. The van der Waals surface area contributed by atoms with Gasteiger partial charge in [0.05, 0.1) is 23.3 Å². The lowest BCUT2D eigenvalue weighted by atomic mass is 10.0. The molecular formula is C16H18F2N4O5. The monoisotopic (exact) mass is 384 g/mol. The minimum atomic E-state index is -2.81. The third kappa shape index (κ3) is 5.05. The Morgan fingerprint density at radius 1 is 1.37 bits per heavy atom. The van der Waals surface area contributed by atoms with E-state index in [0.717, 1.165) is 10.7 Å². The van der Waals surface area contributed by atoms with E-state index >= 15 is 0 Å². The summed E-state index contributed by atoms with van der Waals surface area (Å²) < 4.78 is 26.7. The van der Waals surface area contributed by atoms with Gasteiger partial charge < -0.3 is 15.5 Å². The van der Waals surface area contributed by atoms with Crippen molar-refractivity contribution in [1.29, 1.82) is 0 Å². The molecule has 2 rings (SSSR count). The number of aliphatic hydroxyl groups is 2. The van der Waals surface area contributed by atoms with Gasteiger partial charge in [-0.15, -0.1) is 0 Å². The SMILES string of the molecule is Cc1cc(C(F)F)n(CC(=O)NC(CO)C(O)c2ccc([N+](=O)[O-])cc2)n1. The van der Waals surface area contributed by atoms with Crippen LogP contribution in [-0.4, -0.2) is 43.5 Å². The molecule has 1 aromatic heterocycles. The molecule has 0 bridgehead atoms. The lowest BCUT2D eigenvalue weighted by Crippen LogP contribution is -2.43. The van der Waals surface area contributed by atoms with Gasteiger partial charge in [-0.2, -0.15) is 5.10 Å². The first-order valence-electron chi connectivity index (χ1n) is 7.88. The topological polar surface area (TPSA) is 131 Å². The van der Waals surface area contributed by atoms with Crippen LogP contribution in [0.5, 0.6) is 0 Å². The number of nitro benzene ring substituents is 1. The van der Waals surface area contributed by atoms with Crippen molar-refractivity contribution < 1.29 is 28.7 Å². The van der Waals surface area contributed by atoms with Crippen LogP contribution in [0.2, 0.25) is 0 Å². The van der Waals surface area contributed by atoms with Crippen LogP contribution in [0, 0.1) is 17.0 Å². The Bertz CT molecular complexity index is 810. The Morgan fingerprint density at radius 2 is 2.00 bits per heavy atom. The van der Waals surface area contributed by atoms with Gasteiger partial charge >= 0.3 is 0 Å². The molecule has 0 radical (unpaired) electrons. The molecule has 0 fully saturated rings. The molecule has 11 heteroatoms. The second-order valence-corrected chi connectivity index (χ2v) is 5.82. The third-order valence-electron chi connectivity index (χ3n) is 3.82. The van der Waals surface area contributed by atoms with E-state index in [0.29, 0.717) is 5.69 Å². The van der Waals surface area contributed by atoms with E-state index in [-0.39, 0.29) is 11.3 Å². The number of alkyl halides is 2. The summed E-state index contributed by atoms with van der Waals surface area (Å²) in [5.41, 5.74) is -0.0332. The number of nitro groups is 1. The van der Waals surface area contributed by atoms with Gasteiger partial charge in [0.2, 0.25) is 5.91 Å². The average molecular weight is 384 g/mol. The third-order valence-corrected chi connectivity index (χ3v) is 3.82. The van der Waals surface area contributed by atoms with Crippen molar-refractivity contribution in [2.75, 3.05) is 6.61 Å². The zero-order chi connectivity index (χ0) is 20.1. The van der Waals surface area contributed by atoms with E-state index in [1.165, 1.54) is 31.2 Å². The predicted molar refractivity (Wildman–Crippen MR) is 89.0 cm³/mol. The number of rotatable bonds is 8. The van der Waals surface area contributed by atoms with Gasteiger partial charge in [-0.1, -0.05) is 0 Å². The summed E-state index contributed by atoms with van der Waals surface area (Å²) in [4.78, 5) is 22.2. The Labute approximate surface area is 152 Å². The summed E-state index contributed by atoms with van der Waals surface area (Å²) in [5.74, 6) is -0.736. The normalized spacial score (nSPS) is 13.4. The van der Waals surface area contributed by atoms with Gasteiger partial charge in [0.15, 0.2) is 0 Å². The van der Waals surface area contributed by atoms with E-state index in [1.807, 2.05) is 0 Å². The Hall–Kier alpha value is -2.92. The molecule has 27 heavy (non-hydrogen) atoms. The summed E-state index contributed by atoms with van der Waals surface area (Å²) in [7, 11) is 0. The van der Waals surface area contributed by atoms with Crippen molar-refractivity contribution in [3.63, 3.8) is 0 Å². The van der Waals surface area contributed by atoms with Gasteiger partial charge in [0.1, 0.15) is 18.3 Å². The number of hydrogen-bond donors (Lipinski definition) is 3. The van der Waals surface area contributed by atoms with Crippen LogP contribution in [0.3, 0.4) is 0 Å². The zero-order valence-electron chi connectivity index (χ0n) is 14.2. The fourth-order valence-electron chi connectivity index (χ4n) is 2.51. The number of aliphatic hydroxyl groups excluding tert-OH is 2. The molecule has 0 aliphatic carbocycles. The van der Waals surface area contributed by atoms with Crippen molar-refractivity contribution in [2.24, 2.45) is 0 Å². The van der Waals surface area contributed by atoms with Crippen LogP contribution in [0.25, 0.3) is 0 Å². The molecule has 3 N–H and O–H groups in total. The summed E-state index contributed by atoms with van der Waals surface area (Å²) in [6.07, 6.45) is -4.16. The number of aryl methyl sites for hydroxylation is 1. The van der Waals surface area contributed by atoms with Crippen molar-refractivity contribution in [1.82, 2.24) is 15.1 Å².